The van der Waals surface area contributed by atoms with Gasteiger partial charge in [-0.05, 0) is 88.6 Å². The number of carbonyl (C=O) groups excluding carboxylic acids is 1. The first-order chi connectivity index (χ1) is 15.7. The number of nitrogens with one attached hydrogen (secondary N) is 1. The van der Waals surface area contributed by atoms with Crippen molar-refractivity contribution in [3.05, 3.63) is 58.1 Å². The minimum Gasteiger partial charge on any atom is -0.398 e. The van der Waals surface area contributed by atoms with E-state index in [1.54, 1.807) is 0 Å². The molecule has 1 atom stereocenters. The van der Waals surface area contributed by atoms with Crippen LogP contribution in [0.4, 0.5) is 11.4 Å². The summed E-state index contributed by atoms with van der Waals surface area (Å²) in [4.78, 5) is 18.1. The molecule has 0 saturated carbocycles. The lowest BCUT2D eigenvalue weighted by molar-refractivity contribution is -0.134. The summed E-state index contributed by atoms with van der Waals surface area (Å²) in [6, 6.07) is 10.7. The summed E-state index contributed by atoms with van der Waals surface area (Å²) in [6.07, 6.45) is 3.17. The van der Waals surface area contributed by atoms with Crippen LogP contribution < -0.4 is 11.1 Å². The van der Waals surface area contributed by atoms with E-state index in [1.165, 1.54) is 5.56 Å². The van der Waals surface area contributed by atoms with Crippen LogP contribution in [0.5, 0.6) is 0 Å². The van der Waals surface area contributed by atoms with Crippen LogP contribution in [0.1, 0.15) is 54.5 Å². The number of hydrogen-bond donors (Lipinski definition) is 2. The number of hydrogen-bond acceptors (Lipinski definition) is 4. The highest BCUT2D eigenvalue weighted by molar-refractivity contribution is 5.86. The van der Waals surface area contributed by atoms with Crippen LogP contribution in [0, 0.1) is 27.7 Å². The molecule has 1 aliphatic rings. The number of nitrogens with two attached hydrogens (primary N) is 1. The van der Waals surface area contributed by atoms with Crippen LogP contribution in [0.2, 0.25) is 0 Å². The molecule has 1 fully saturated rings. The van der Waals surface area contributed by atoms with Crippen molar-refractivity contribution in [3.8, 4) is 0 Å². The lowest BCUT2D eigenvalue weighted by atomic mass is 9.95. The van der Waals surface area contributed by atoms with E-state index in [0.717, 1.165) is 79.1 Å². The topological polar surface area (TPSA) is 61.6 Å². The zero-order chi connectivity index (χ0) is 24.1. The van der Waals surface area contributed by atoms with Crippen molar-refractivity contribution in [2.45, 2.75) is 72.9 Å². The number of rotatable bonds is 8. The van der Waals surface area contributed by atoms with Crippen molar-refractivity contribution in [1.82, 2.24) is 9.80 Å². The van der Waals surface area contributed by atoms with E-state index >= 15 is 0 Å². The van der Waals surface area contributed by atoms with Gasteiger partial charge in [0.2, 0.25) is 5.91 Å². The van der Waals surface area contributed by atoms with E-state index in [2.05, 4.69) is 80.1 Å². The van der Waals surface area contributed by atoms with Gasteiger partial charge in [0.25, 0.3) is 0 Å². The maximum atomic E-state index is 13.5. The molecule has 1 heterocycles. The number of amides is 1. The number of benzene rings is 2. The summed E-state index contributed by atoms with van der Waals surface area (Å²) in [5, 5.41) is 3.53. The Kier molecular flexibility index (Phi) is 8.41. The molecule has 1 amide bonds. The van der Waals surface area contributed by atoms with Crippen LogP contribution >= 0.6 is 0 Å². The van der Waals surface area contributed by atoms with Gasteiger partial charge in [0.1, 0.15) is 6.04 Å². The number of likely N-dealkylation sites (tertiary alicyclic amines) is 1. The van der Waals surface area contributed by atoms with Crippen LogP contribution in [0.3, 0.4) is 0 Å². The molecular formula is C28H42N4O. The molecule has 33 heavy (non-hydrogen) atoms. The summed E-state index contributed by atoms with van der Waals surface area (Å²) < 4.78 is 0. The molecule has 0 aromatic heterocycles. The molecule has 5 heteroatoms. The van der Waals surface area contributed by atoms with E-state index in [9.17, 15) is 4.79 Å². The lowest BCUT2D eigenvalue weighted by Gasteiger charge is -2.39. The van der Waals surface area contributed by atoms with Gasteiger partial charge < -0.3 is 20.9 Å². The molecule has 0 aliphatic carbocycles. The Morgan fingerprint density at radius 1 is 1.06 bits per heavy atom. The first kappa shape index (κ1) is 25.1. The lowest BCUT2D eigenvalue weighted by Crippen LogP contribution is -2.51. The Morgan fingerprint density at radius 2 is 1.64 bits per heavy atom. The highest BCUT2D eigenvalue weighted by atomic mass is 16.2. The van der Waals surface area contributed by atoms with Gasteiger partial charge in [-0.1, -0.05) is 30.3 Å². The van der Waals surface area contributed by atoms with E-state index < -0.39 is 0 Å². The average molecular weight is 451 g/mol. The molecule has 2 aromatic rings. The van der Waals surface area contributed by atoms with Crippen molar-refractivity contribution < 1.29 is 4.79 Å². The molecule has 5 nitrogen and oxygen atoms in total. The smallest absolute Gasteiger partial charge is 0.245 e. The van der Waals surface area contributed by atoms with Gasteiger partial charge in [-0.15, -0.1) is 0 Å². The number of carbonyl (C=O) groups is 1. The summed E-state index contributed by atoms with van der Waals surface area (Å²) in [6.45, 7) is 16.3. The monoisotopic (exact) mass is 450 g/mol. The zero-order valence-corrected chi connectivity index (χ0v) is 21.4. The number of anilines is 2. The van der Waals surface area contributed by atoms with E-state index in [4.69, 9.17) is 5.73 Å². The number of piperidine rings is 1. The Bertz CT molecular complexity index is 919. The Labute approximate surface area is 200 Å². The van der Waals surface area contributed by atoms with Gasteiger partial charge in [0, 0.05) is 43.6 Å². The van der Waals surface area contributed by atoms with Crippen molar-refractivity contribution >= 4 is 17.3 Å². The third-order valence-electron chi connectivity index (χ3n) is 7.60. The van der Waals surface area contributed by atoms with Gasteiger partial charge in [-0.25, -0.2) is 0 Å². The predicted octanol–water partition coefficient (Wildman–Crippen LogP) is 4.86. The second-order valence-electron chi connectivity index (χ2n) is 9.59. The fourth-order valence-electron chi connectivity index (χ4n) is 5.07. The molecule has 1 unspecified atom stereocenters. The first-order valence-corrected chi connectivity index (χ1v) is 12.4. The highest BCUT2D eigenvalue weighted by Crippen LogP contribution is 2.33. The average Bonchev–Trinajstić information content (AvgIpc) is 2.84. The second-order valence-corrected chi connectivity index (χ2v) is 9.59. The fraction of sp³-hybridized carbons (Fsp3) is 0.536. The van der Waals surface area contributed by atoms with Gasteiger partial charge in [-0.2, -0.15) is 0 Å². The van der Waals surface area contributed by atoms with Gasteiger partial charge in [-0.3, -0.25) is 4.79 Å². The van der Waals surface area contributed by atoms with Gasteiger partial charge in [0.05, 0.1) is 0 Å². The second kappa shape index (κ2) is 11.1. The molecule has 1 aliphatic heterocycles. The first-order valence-electron chi connectivity index (χ1n) is 12.4. The molecule has 0 bridgehead atoms. The minimum absolute atomic E-state index is 0.186. The van der Waals surface area contributed by atoms with Crippen molar-refractivity contribution in [2.75, 3.05) is 37.2 Å². The standard InChI is InChI=1S/C28H42N4O/c1-7-32(25-14-17-31(18-15-25)16-13-24-11-9-8-10-12-24)28(33)23(6)30-27-21(4)19(2)26(29)20(3)22(27)5/h8-12,23,25,30H,7,13-18,29H2,1-6H3. The zero-order valence-electron chi connectivity index (χ0n) is 21.4. The van der Waals surface area contributed by atoms with E-state index in [-0.39, 0.29) is 11.9 Å². The minimum atomic E-state index is -0.277. The normalized spacial score (nSPS) is 15.9. The van der Waals surface area contributed by atoms with Gasteiger partial charge in [0.15, 0.2) is 0 Å². The molecular weight excluding hydrogens is 408 g/mol. The van der Waals surface area contributed by atoms with E-state index in [1.807, 2.05) is 6.92 Å². The number of nitrogens with zero attached hydrogens (tertiary/aromatic N) is 2. The molecule has 3 rings (SSSR count). The number of nitrogen functional groups attached to an aromatic ring is 1. The molecule has 0 spiro atoms. The molecule has 1 saturated heterocycles. The van der Waals surface area contributed by atoms with Crippen molar-refractivity contribution in [2.24, 2.45) is 0 Å². The maximum absolute atomic E-state index is 13.5. The molecule has 0 radical (unpaired) electrons. The fourth-order valence-corrected chi connectivity index (χ4v) is 5.07. The third-order valence-corrected chi connectivity index (χ3v) is 7.60. The molecule has 2 aromatic carbocycles. The Morgan fingerprint density at radius 3 is 2.18 bits per heavy atom. The third kappa shape index (κ3) is 5.70. The highest BCUT2D eigenvalue weighted by Gasteiger charge is 2.30. The van der Waals surface area contributed by atoms with Crippen LogP contribution in [-0.4, -0.2) is 54.0 Å². The Balaban J connectivity index is 1.59. The van der Waals surface area contributed by atoms with Crippen LogP contribution in [-0.2, 0) is 11.2 Å². The summed E-state index contributed by atoms with van der Waals surface area (Å²) in [5.74, 6) is 0.186. The van der Waals surface area contributed by atoms with E-state index in [0.29, 0.717) is 6.04 Å². The number of likely N-dealkylation sites (N-methyl/N-ethyl adjacent to an activating group) is 1. The van der Waals surface area contributed by atoms with Gasteiger partial charge >= 0.3 is 0 Å². The van der Waals surface area contributed by atoms with Crippen LogP contribution in [0.25, 0.3) is 0 Å². The Hall–Kier alpha value is -2.53. The summed E-state index contributed by atoms with van der Waals surface area (Å²) in [7, 11) is 0. The maximum Gasteiger partial charge on any atom is 0.245 e. The quantitative estimate of drug-likeness (QED) is 0.564. The molecule has 3 N–H and O–H groups in total. The van der Waals surface area contributed by atoms with Crippen molar-refractivity contribution in [1.29, 1.82) is 0 Å². The summed E-state index contributed by atoms with van der Waals surface area (Å²) in [5.41, 5.74) is 14.0. The molecule has 180 valence electrons. The van der Waals surface area contributed by atoms with Crippen LogP contribution in [0.15, 0.2) is 30.3 Å². The largest absolute Gasteiger partial charge is 0.398 e. The van der Waals surface area contributed by atoms with Crippen molar-refractivity contribution in [3.63, 3.8) is 0 Å². The SMILES string of the molecule is CCN(C(=O)C(C)Nc1c(C)c(C)c(N)c(C)c1C)C1CCN(CCc2ccccc2)CC1. The summed E-state index contributed by atoms with van der Waals surface area (Å²) >= 11 is 0. The predicted molar refractivity (Wildman–Crippen MR) is 140 cm³/mol.